The lowest BCUT2D eigenvalue weighted by Gasteiger charge is -2.06. The van der Waals surface area contributed by atoms with E-state index in [1.807, 2.05) is 13.0 Å². The standard InChI is InChI=1S/C17H15N3O2S/c1-9-6-10(15-12(7-9)19-14(22-2)8-18-15)17-20-11-4-3-5-13(21)16(11)23-17/h6-8H,3-5H2,1-2H3. The zero-order valence-corrected chi connectivity index (χ0v) is 13.7. The van der Waals surface area contributed by atoms with Crippen LogP contribution in [-0.4, -0.2) is 27.8 Å². The van der Waals surface area contributed by atoms with E-state index in [9.17, 15) is 4.79 Å². The lowest BCUT2D eigenvalue weighted by atomic mass is 10.0. The van der Waals surface area contributed by atoms with Gasteiger partial charge in [0.15, 0.2) is 5.78 Å². The zero-order chi connectivity index (χ0) is 16.0. The fraction of sp³-hybridized carbons (Fsp3) is 0.294. The van der Waals surface area contributed by atoms with Crippen molar-refractivity contribution in [2.45, 2.75) is 26.2 Å². The molecule has 0 unspecified atom stereocenters. The Labute approximate surface area is 137 Å². The molecule has 6 heteroatoms. The molecule has 0 amide bonds. The molecule has 1 aromatic carbocycles. The third kappa shape index (κ3) is 2.39. The molecule has 2 aromatic heterocycles. The van der Waals surface area contributed by atoms with Crippen LogP contribution in [0.3, 0.4) is 0 Å². The molecule has 0 saturated carbocycles. The van der Waals surface area contributed by atoms with Crippen LogP contribution in [0.5, 0.6) is 5.88 Å². The molecule has 0 fully saturated rings. The Kier molecular flexibility index (Phi) is 3.34. The first kappa shape index (κ1) is 14.3. The van der Waals surface area contributed by atoms with E-state index in [2.05, 4.69) is 16.0 Å². The highest BCUT2D eigenvalue weighted by Gasteiger charge is 2.23. The van der Waals surface area contributed by atoms with Crippen molar-refractivity contribution in [2.75, 3.05) is 7.11 Å². The van der Waals surface area contributed by atoms with Crippen molar-refractivity contribution >= 4 is 28.2 Å². The van der Waals surface area contributed by atoms with Crippen molar-refractivity contribution in [3.05, 3.63) is 34.5 Å². The number of ketones is 1. The molecule has 23 heavy (non-hydrogen) atoms. The van der Waals surface area contributed by atoms with E-state index in [0.717, 1.165) is 50.6 Å². The van der Waals surface area contributed by atoms with E-state index in [4.69, 9.17) is 9.72 Å². The minimum absolute atomic E-state index is 0.208. The maximum atomic E-state index is 12.1. The van der Waals surface area contributed by atoms with Crippen LogP contribution in [0.25, 0.3) is 21.6 Å². The van der Waals surface area contributed by atoms with Gasteiger partial charge in [-0.25, -0.2) is 15.0 Å². The predicted molar refractivity (Wildman–Crippen MR) is 89.2 cm³/mol. The van der Waals surface area contributed by atoms with Gasteiger partial charge in [-0.2, -0.15) is 0 Å². The Morgan fingerprint density at radius 1 is 1.22 bits per heavy atom. The number of ether oxygens (including phenoxy) is 1. The molecule has 5 nitrogen and oxygen atoms in total. The normalized spacial score (nSPS) is 14.1. The molecule has 3 aromatic rings. The summed E-state index contributed by atoms with van der Waals surface area (Å²) in [7, 11) is 1.58. The molecule has 1 aliphatic rings. The molecule has 0 aliphatic heterocycles. The summed E-state index contributed by atoms with van der Waals surface area (Å²) >= 11 is 1.47. The molecule has 0 N–H and O–H groups in total. The van der Waals surface area contributed by atoms with E-state index in [-0.39, 0.29) is 5.78 Å². The number of aryl methyl sites for hydroxylation is 2. The van der Waals surface area contributed by atoms with Crippen LogP contribution in [-0.2, 0) is 6.42 Å². The smallest absolute Gasteiger partial charge is 0.232 e. The average Bonchev–Trinajstić information content (AvgIpc) is 2.99. The van der Waals surface area contributed by atoms with E-state index in [1.54, 1.807) is 13.3 Å². The first-order valence-electron chi connectivity index (χ1n) is 7.50. The Morgan fingerprint density at radius 2 is 2.09 bits per heavy atom. The van der Waals surface area contributed by atoms with Gasteiger partial charge in [0.05, 0.1) is 34.9 Å². The number of carbonyl (C=O) groups is 1. The third-order valence-corrected chi connectivity index (χ3v) is 5.15. The molecule has 0 atom stereocenters. The van der Waals surface area contributed by atoms with Crippen LogP contribution in [0.1, 0.15) is 33.8 Å². The number of hydrogen-bond acceptors (Lipinski definition) is 6. The summed E-state index contributed by atoms with van der Waals surface area (Å²) in [6.07, 6.45) is 4.00. The summed E-state index contributed by atoms with van der Waals surface area (Å²) in [5.74, 6) is 0.697. The second-order valence-corrected chi connectivity index (χ2v) is 6.66. The van der Waals surface area contributed by atoms with E-state index < -0.39 is 0 Å². The van der Waals surface area contributed by atoms with Crippen molar-refractivity contribution in [1.82, 2.24) is 15.0 Å². The van der Waals surface area contributed by atoms with Crippen molar-refractivity contribution in [1.29, 1.82) is 0 Å². The van der Waals surface area contributed by atoms with E-state index in [1.165, 1.54) is 11.3 Å². The highest BCUT2D eigenvalue weighted by atomic mass is 32.1. The molecule has 116 valence electrons. The highest BCUT2D eigenvalue weighted by molar-refractivity contribution is 7.17. The van der Waals surface area contributed by atoms with E-state index in [0.29, 0.717) is 12.3 Å². The summed E-state index contributed by atoms with van der Waals surface area (Å²) in [5, 5.41) is 0.846. The fourth-order valence-corrected chi connectivity index (χ4v) is 3.99. The summed E-state index contributed by atoms with van der Waals surface area (Å²) in [4.78, 5) is 26.5. The third-order valence-electron chi connectivity index (χ3n) is 3.98. The van der Waals surface area contributed by atoms with Gasteiger partial charge in [0.25, 0.3) is 0 Å². The Bertz CT molecular complexity index is 933. The van der Waals surface area contributed by atoms with Crippen LogP contribution in [0.2, 0.25) is 0 Å². The highest BCUT2D eigenvalue weighted by Crippen LogP contribution is 2.36. The van der Waals surface area contributed by atoms with Crippen LogP contribution in [0.15, 0.2) is 18.3 Å². The molecular weight excluding hydrogens is 310 g/mol. The molecular formula is C17H15N3O2S. The number of carbonyl (C=O) groups excluding carboxylic acids is 1. The SMILES string of the molecule is COc1cnc2c(-c3nc4c(s3)C(=O)CCC4)cc(C)cc2n1. The monoisotopic (exact) mass is 325 g/mol. The summed E-state index contributed by atoms with van der Waals surface area (Å²) < 4.78 is 5.16. The first-order valence-corrected chi connectivity index (χ1v) is 8.32. The number of rotatable bonds is 2. The van der Waals surface area contributed by atoms with Crippen molar-refractivity contribution in [2.24, 2.45) is 0 Å². The van der Waals surface area contributed by atoms with Gasteiger partial charge < -0.3 is 4.74 Å². The van der Waals surface area contributed by atoms with Gasteiger partial charge in [-0.15, -0.1) is 11.3 Å². The lowest BCUT2D eigenvalue weighted by molar-refractivity contribution is 0.0976. The number of fused-ring (bicyclic) bond motifs is 2. The number of Topliss-reactive ketones (excluding diaryl/α,β-unsaturated/α-hetero) is 1. The maximum Gasteiger partial charge on any atom is 0.232 e. The number of benzene rings is 1. The number of methoxy groups -OCH3 is 1. The quantitative estimate of drug-likeness (QED) is 0.720. The first-order chi connectivity index (χ1) is 11.2. The summed E-state index contributed by atoms with van der Waals surface area (Å²) in [6.45, 7) is 2.02. The van der Waals surface area contributed by atoms with Gasteiger partial charge in [0.1, 0.15) is 5.01 Å². The molecule has 2 heterocycles. The maximum absolute atomic E-state index is 12.1. The van der Waals surface area contributed by atoms with Crippen molar-refractivity contribution in [3.63, 3.8) is 0 Å². The fourth-order valence-electron chi connectivity index (χ4n) is 2.89. The van der Waals surface area contributed by atoms with Crippen LogP contribution in [0, 0.1) is 6.92 Å². The molecule has 0 saturated heterocycles. The van der Waals surface area contributed by atoms with Crippen LogP contribution in [0.4, 0.5) is 0 Å². The predicted octanol–water partition coefficient (Wildman–Crippen LogP) is 3.59. The van der Waals surface area contributed by atoms with Crippen LogP contribution >= 0.6 is 11.3 Å². The second kappa shape index (κ2) is 5.38. The number of thiazole rings is 1. The Morgan fingerprint density at radius 3 is 2.87 bits per heavy atom. The molecule has 1 aliphatic carbocycles. The zero-order valence-electron chi connectivity index (χ0n) is 12.9. The minimum Gasteiger partial charge on any atom is -0.480 e. The summed E-state index contributed by atoms with van der Waals surface area (Å²) in [5.41, 5.74) is 4.50. The van der Waals surface area contributed by atoms with E-state index >= 15 is 0 Å². The molecule has 0 bridgehead atoms. The largest absolute Gasteiger partial charge is 0.480 e. The lowest BCUT2D eigenvalue weighted by Crippen LogP contribution is -2.07. The average molecular weight is 325 g/mol. The van der Waals surface area contributed by atoms with Gasteiger partial charge in [-0.3, -0.25) is 4.79 Å². The number of aromatic nitrogens is 3. The van der Waals surface area contributed by atoms with Gasteiger partial charge in [-0.05, 0) is 37.5 Å². The van der Waals surface area contributed by atoms with Crippen molar-refractivity contribution in [3.8, 4) is 16.5 Å². The molecule has 0 spiro atoms. The topological polar surface area (TPSA) is 65.0 Å². The summed E-state index contributed by atoms with van der Waals surface area (Å²) in [6, 6.07) is 4.03. The second-order valence-electron chi connectivity index (χ2n) is 5.66. The Hall–Kier alpha value is -2.34. The number of nitrogens with zero attached hydrogens (tertiary/aromatic N) is 3. The number of hydrogen-bond donors (Lipinski definition) is 0. The van der Waals surface area contributed by atoms with Gasteiger partial charge >= 0.3 is 0 Å². The molecule has 4 rings (SSSR count). The Balaban J connectivity index is 1.93. The van der Waals surface area contributed by atoms with Gasteiger partial charge in [-0.1, -0.05) is 0 Å². The van der Waals surface area contributed by atoms with Gasteiger partial charge in [0, 0.05) is 12.0 Å². The van der Waals surface area contributed by atoms with Crippen LogP contribution < -0.4 is 4.74 Å². The molecule has 0 radical (unpaired) electrons. The van der Waals surface area contributed by atoms with Crippen molar-refractivity contribution < 1.29 is 9.53 Å². The van der Waals surface area contributed by atoms with Gasteiger partial charge in [0.2, 0.25) is 5.88 Å². The minimum atomic E-state index is 0.208.